The summed E-state index contributed by atoms with van der Waals surface area (Å²) in [6, 6.07) is -2.97. The molecule has 7 N–H and O–H groups in total. The van der Waals surface area contributed by atoms with Crippen molar-refractivity contribution in [1.82, 2.24) is 20.9 Å². The lowest BCUT2D eigenvalue weighted by atomic mass is 10.0. The van der Waals surface area contributed by atoms with Crippen molar-refractivity contribution in [3.05, 3.63) is 12.2 Å². The number of urea groups is 1. The second kappa shape index (κ2) is 19.1. The van der Waals surface area contributed by atoms with E-state index in [4.69, 9.17) is 11.5 Å². The smallest absolute Gasteiger partial charge is 0.312 e. The largest absolute Gasteiger partial charge is 0.370 e. The predicted molar refractivity (Wildman–Crippen MR) is 132 cm³/mol. The zero-order chi connectivity index (χ0) is 28.3. The van der Waals surface area contributed by atoms with Gasteiger partial charge in [0.15, 0.2) is 5.78 Å². The van der Waals surface area contributed by atoms with Gasteiger partial charge in [0, 0.05) is 38.1 Å². The normalized spacial score (nSPS) is 13.2. The van der Waals surface area contributed by atoms with E-state index in [1.54, 1.807) is 6.92 Å². The quantitative estimate of drug-likeness (QED) is 0.110. The van der Waals surface area contributed by atoms with Crippen LogP contribution in [0.25, 0.3) is 0 Å². The minimum absolute atomic E-state index is 0.132. The standard InChI is InChI=1S/C19H28N6O7.C2H6.C2H2/c1-2-13(26)11(4-3-8-22-19(21)32)24-18(31)12(10-14(20)27)23-15(28)7-9-25-16(29)5-6-17(25)30;2*1-2/h5-6,11-12H,2-4,7-10H2,1H3,(H2,20,27)(H,23,28)(H,24,31)(H3,21,22,32);1-2H3;1-2H/t11-,12-;;/m0../s1. The molecular formula is C23H36N6O7. The van der Waals surface area contributed by atoms with E-state index in [2.05, 4.69) is 28.8 Å². The van der Waals surface area contributed by atoms with Gasteiger partial charge >= 0.3 is 6.03 Å². The summed E-state index contributed by atoms with van der Waals surface area (Å²) in [5.74, 6) is -3.73. The summed E-state index contributed by atoms with van der Waals surface area (Å²) in [6.45, 7) is 5.61. The molecule has 0 unspecified atom stereocenters. The predicted octanol–water partition coefficient (Wildman–Crippen LogP) is -1.15. The molecule has 0 aliphatic carbocycles. The Hall–Kier alpha value is -4.21. The van der Waals surface area contributed by atoms with E-state index in [1.165, 1.54) is 0 Å². The lowest BCUT2D eigenvalue weighted by Gasteiger charge is -2.22. The molecule has 1 heterocycles. The molecule has 0 aromatic carbocycles. The van der Waals surface area contributed by atoms with E-state index in [0.717, 1.165) is 17.1 Å². The first-order valence-electron chi connectivity index (χ1n) is 11.4. The minimum atomic E-state index is -1.35. The Morgan fingerprint density at radius 1 is 0.972 bits per heavy atom. The number of nitrogens with zero attached hydrogens (tertiary/aromatic N) is 1. The third-order valence-corrected chi connectivity index (χ3v) is 4.54. The molecule has 1 aliphatic rings. The second-order valence-corrected chi connectivity index (χ2v) is 7.02. The highest BCUT2D eigenvalue weighted by molar-refractivity contribution is 6.13. The Balaban J connectivity index is 0. The van der Waals surface area contributed by atoms with Gasteiger partial charge in [-0.15, -0.1) is 12.8 Å². The average molecular weight is 509 g/mol. The summed E-state index contributed by atoms with van der Waals surface area (Å²) in [5, 5.41) is 7.20. The van der Waals surface area contributed by atoms with Crippen LogP contribution in [0.15, 0.2) is 12.2 Å². The molecule has 0 fully saturated rings. The van der Waals surface area contributed by atoms with Crippen molar-refractivity contribution < 1.29 is 33.6 Å². The van der Waals surface area contributed by atoms with Crippen LogP contribution in [-0.2, 0) is 28.8 Å². The van der Waals surface area contributed by atoms with Gasteiger partial charge < -0.3 is 27.4 Å². The summed E-state index contributed by atoms with van der Waals surface area (Å²) in [7, 11) is 0. The average Bonchev–Trinajstić information content (AvgIpc) is 3.17. The fourth-order valence-electron chi connectivity index (χ4n) is 2.89. The van der Waals surface area contributed by atoms with Crippen molar-refractivity contribution in [3.63, 3.8) is 0 Å². The molecule has 2 atom stereocenters. The number of hydrogen-bond acceptors (Lipinski definition) is 7. The third-order valence-electron chi connectivity index (χ3n) is 4.54. The Morgan fingerprint density at radius 2 is 1.53 bits per heavy atom. The molecule has 1 rings (SSSR count). The summed E-state index contributed by atoms with van der Waals surface area (Å²) in [4.78, 5) is 83.1. The molecule has 13 heteroatoms. The fourth-order valence-corrected chi connectivity index (χ4v) is 2.89. The molecule has 36 heavy (non-hydrogen) atoms. The molecular weight excluding hydrogens is 472 g/mol. The van der Waals surface area contributed by atoms with Crippen molar-refractivity contribution >= 4 is 41.4 Å². The summed E-state index contributed by atoms with van der Waals surface area (Å²) in [5.41, 5.74) is 10.1. The molecule has 0 saturated carbocycles. The number of nitrogens with two attached hydrogens (primary N) is 2. The lowest BCUT2D eigenvalue weighted by molar-refractivity contribution is -0.137. The van der Waals surface area contributed by atoms with Gasteiger partial charge in [-0.2, -0.15) is 0 Å². The highest BCUT2D eigenvalue weighted by Gasteiger charge is 2.28. The van der Waals surface area contributed by atoms with Crippen molar-refractivity contribution in [2.45, 2.75) is 65.0 Å². The number of terminal acetylenes is 1. The van der Waals surface area contributed by atoms with Gasteiger partial charge in [0.2, 0.25) is 17.7 Å². The molecule has 200 valence electrons. The molecule has 0 aromatic heterocycles. The van der Waals surface area contributed by atoms with Crippen molar-refractivity contribution in [2.75, 3.05) is 13.1 Å². The third kappa shape index (κ3) is 13.5. The highest BCUT2D eigenvalue weighted by Crippen LogP contribution is 2.06. The molecule has 0 aromatic rings. The number of nitrogens with one attached hydrogen (secondary N) is 3. The van der Waals surface area contributed by atoms with Crippen molar-refractivity contribution in [1.29, 1.82) is 0 Å². The first-order valence-corrected chi connectivity index (χ1v) is 11.4. The monoisotopic (exact) mass is 508 g/mol. The molecule has 0 bridgehead atoms. The van der Waals surface area contributed by atoms with E-state index in [0.29, 0.717) is 6.42 Å². The van der Waals surface area contributed by atoms with E-state index >= 15 is 0 Å². The number of carbonyl (C=O) groups excluding carboxylic acids is 7. The second-order valence-electron chi connectivity index (χ2n) is 7.02. The maximum absolute atomic E-state index is 12.6. The fraction of sp³-hybridized carbons (Fsp3) is 0.522. The van der Waals surface area contributed by atoms with Gasteiger partial charge in [0.05, 0.1) is 12.5 Å². The van der Waals surface area contributed by atoms with Gasteiger partial charge in [-0.05, 0) is 12.8 Å². The zero-order valence-corrected chi connectivity index (χ0v) is 20.9. The maximum Gasteiger partial charge on any atom is 0.312 e. The number of amides is 7. The van der Waals surface area contributed by atoms with Crippen LogP contribution >= 0.6 is 0 Å². The van der Waals surface area contributed by atoms with E-state index in [9.17, 15) is 33.6 Å². The Kier molecular flexibility index (Phi) is 18.0. The van der Waals surface area contributed by atoms with Crippen LogP contribution in [-0.4, -0.2) is 71.4 Å². The van der Waals surface area contributed by atoms with Crippen LogP contribution < -0.4 is 27.4 Å². The molecule has 7 amide bonds. The van der Waals surface area contributed by atoms with Crippen LogP contribution in [0, 0.1) is 12.8 Å². The molecule has 1 aliphatic heterocycles. The van der Waals surface area contributed by atoms with Gasteiger partial charge in [-0.3, -0.25) is 33.7 Å². The molecule has 0 saturated heterocycles. The summed E-state index contributed by atoms with van der Waals surface area (Å²) >= 11 is 0. The number of carbonyl (C=O) groups is 7. The first kappa shape index (κ1) is 34.0. The Bertz CT molecular complexity index is 835. The number of Topliss-reactive ketones (excluding diaryl/α,β-unsaturated/α-hetero) is 1. The Morgan fingerprint density at radius 3 is 2.00 bits per heavy atom. The lowest BCUT2D eigenvalue weighted by Crippen LogP contribution is -2.53. The van der Waals surface area contributed by atoms with Crippen LogP contribution in [0.4, 0.5) is 4.79 Å². The molecule has 0 spiro atoms. The van der Waals surface area contributed by atoms with Gasteiger partial charge in [0.25, 0.3) is 11.8 Å². The number of rotatable bonds is 14. The van der Waals surface area contributed by atoms with Gasteiger partial charge in [0.1, 0.15) is 6.04 Å². The van der Waals surface area contributed by atoms with Crippen LogP contribution in [0.3, 0.4) is 0 Å². The number of imide groups is 1. The van der Waals surface area contributed by atoms with Crippen LogP contribution in [0.1, 0.15) is 52.9 Å². The number of primary amides is 2. The molecule has 0 radical (unpaired) electrons. The summed E-state index contributed by atoms with van der Waals surface area (Å²) in [6.07, 6.45) is 10.0. The highest BCUT2D eigenvalue weighted by atomic mass is 16.2. The van der Waals surface area contributed by atoms with Gasteiger partial charge in [-0.1, -0.05) is 20.8 Å². The maximum atomic E-state index is 12.6. The van der Waals surface area contributed by atoms with Crippen molar-refractivity contribution in [3.8, 4) is 12.8 Å². The Labute approximate surface area is 210 Å². The SMILES string of the molecule is C#C.CC.CCC(=O)[C@H](CCCNC(N)=O)NC(=O)[C@H](CC(N)=O)NC(=O)CCN1C(=O)C=CC1=O. The minimum Gasteiger partial charge on any atom is -0.370 e. The number of hydrogen-bond donors (Lipinski definition) is 5. The van der Waals surface area contributed by atoms with E-state index < -0.39 is 54.1 Å². The first-order chi connectivity index (χ1) is 17.0. The van der Waals surface area contributed by atoms with E-state index in [1.807, 2.05) is 13.8 Å². The zero-order valence-electron chi connectivity index (χ0n) is 20.9. The number of ketones is 1. The summed E-state index contributed by atoms with van der Waals surface area (Å²) < 4.78 is 0. The molecule has 13 nitrogen and oxygen atoms in total. The van der Waals surface area contributed by atoms with Gasteiger partial charge in [-0.25, -0.2) is 4.79 Å². The van der Waals surface area contributed by atoms with Crippen LogP contribution in [0.5, 0.6) is 0 Å². The van der Waals surface area contributed by atoms with Crippen molar-refractivity contribution in [2.24, 2.45) is 11.5 Å². The van der Waals surface area contributed by atoms with E-state index in [-0.39, 0.29) is 38.1 Å². The van der Waals surface area contributed by atoms with Crippen LogP contribution in [0.2, 0.25) is 0 Å². The topological polar surface area (TPSA) is 211 Å².